The standard InChI is InChI=1S/C16H25N3OS.ClH/c1-12-2-3-13-14(11-21-15(13)10-12)16(20)18-6-9-19-7-4-17-5-8-19;/h11-12,17H,2-10H2,1H3,(H,18,20);1H. The van der Waals surface area contributed by atoms with Gasteiger partial charge in [0.05, 0.1) is 5.56 Å². The average molecular weight is 344 g/mol. The highest BCUT2D eigenvalue weighted by atomic mass is 35.5. The van der Waals surface area contributed by atoms with E-state index in [9.17, 15) is 4.79 Å². The second kappa shape index (κ2) is 8.29. The number of rotatable bonds is 4. The summed E-state index contributed by atoms with van der Waals surface area (Å²) in [6.07, 6.45) is 3.43. The van der Waals surface area contributed by atoms with Crippen molar-refractivity contribution in [3.8, 4) is 0 Å². The Kier molecular flexibility index (Phi) is 6.68. The summed E-state index contributed by atoms with van der Waals surface area (Å²) in [6, 6.07) is 0. The monoisotopic (exact) mass is 343 g/mol. The number of hydrogen-bond acceptors (Lipinski definition) is 4. The van der Waals surface area contributed by atoms with Gasteiger partial charge in [0, 0.05) is 49.5 Å². The van der Waals surface area contributed by atoms with Crippen molar-refractivity contribution in [3.63, 3.8) is 0 Å². The van der Waals surface area contributed by atoms with Crippen molar-refractivity contribution >= 4 is 29.7 Å². The van der Waals surface area contributed by atoms with Crippen molar-refractivity contribution in [1.29, 1.82) is 0 Å². The first-order valence-corrected chi connectivity index (χ1v) is 8.92. The smallest absolute Gasteiger partial charge is 0.252 e. The molecule has 2 aliphatic rings. The molecule has 0 radical (unpaired) electrons. The Morgan fingerprint density at radius 3 is 3.00 bits per heavy atom. The highest BCUT2D eigenvalue weighted by Gasteiger charge is 2.23. The zero-order valence-corrected chi connectivity index (χ0v) is 14.8. The lowest BCUT2D eigenvalue weighted by molar-refractivity contribution is 0.0946. The Morgan fingerprint density at radius 2 is 2.23 bits per heavy atom. The van der Waals surface area contributed by atoms with E-state index in [0.29, 0.717) is 0 Å². The first-order valence-electron chi connectivity index (χ1n) is 8.04. The Balaban J connectivity index is 0.00000176. The molecule has 2 heterocycles. The fourth-order valence-corrected chi connectivity index (χ4v) is 4.47. The summed E-state index contributed by atoms with van der Waals surface area (Å²) in [7, 11) is 0. The minimum Gasteiger partial charge on any atom is -0.351 e. The van der Waals surface area contributed by atoms with Gasteiger partial charge in [-0.2, -0.15) is 0 Å². The molecule has 1 atom stereocenters. The number of halogens is 1. The minimum atomic E-state index is 0. The molecule has 22 heavy (non-hydrogen) atoms. The topological polar surface area (TPSA) is 44.4 Å². The van der Waals surface area contributed by atoms with E-state index >= 15 is 0 Å². The van der Waals surface area contributed by atoms with Crippen LogP contribution in [0.5, 0.6) is 0 Å². The number of fused-ring (bicyclic) bond motifs is 1. The second-order valence-corrected chi connectivity index (χ2v) is 7.21. The minimum absolute atomic E-state index is 0. The van der Waals surface area contributed by atoms with Gasteiger partial charge in [0.2, 0.25) is 0 Å². The number of carbonyl (C=O) groups is 1. The van der Waals surface area contributed by atoms with Crippen LogP contribution in [-0.4, -0.2) is 50.1 Å². The van der Waals surface area contributed by atoms with Gasteiger partial charge in [-0.25, -0.2) is 0 Å². The van der Waals surface area contributed by atoms with Crippen LogP contribution in [0.1, 0.15) is 34.1 Å². The van der Waals surface area contributed by atoms with Crippen LogP contribution in [0.25, 0.3) is 0 Å². The van der Waals surface area contributed by atoms with E-state index < -0.39 is 0 Å². The molecular weight excluding hydrogens is 318 g/mol. The Labute approximate surface area is 143 Å². The van der Waals surface area contributed by atoms with Gasteiger partial charge in [-0.15, -0.1) is 23.7 Å². The van der Waals surface area contributed by atoms with Gasteiger partial charge in [0.1, 0.15) is 0 Å². The lowest BCUT2D eigenvalue weighted by atomic mass is 9.88. The maximum absolute atomic E-state index is 12.4. The van der Waals surface area contributed by atoms with Crippen molar-refractivity contribution in [2.75, 3.05) is 39.3 Å². The van der Waals surface area contributed by atoms with E-state index in [-0.39, 0.29) is 18.3 Å². The molecule has 1 unspecified atom stereocenters. The number of nitrogens with one attached hydrogen (secondary N) is 2. The molecule has 0 saturated carbocycles. The quantitative estimate of drug-likeness (QED) is 0.878. The lowest BCUT2D eigenvalue weighted by Gasteiger charge is -2.27. The van der Waals surface area contributed by atoms with Gasteiger partial charge in [-0.1, -0.05) is 6.92 Å². The highest BCUT2D eigenvalue weighted by molar-refractivity contribution is 7.10. The summed E-state index contributed by atoms with van der Waals surface area (Å²) in [4.78, 5) is 16.2. The Morgan fingerprint density at radius 1 is 1.45 bits per heavy atom. The Bertz CT molecular complexity index is 500. The number of nitrogens with zero attached hydrogens (tertiary/aromatic N) is 1. The average Bonchev–Trinajstić information content (AvgIpc) is 2.91. The number of amides is 1. The SMILES string of the molecule is CC1CCc2c(C(=O)NCCN3CCNCC3)csc2C1.Cl. The summed E-state index contributed by atoms with van der Waals surface area (Å²) in [5.41, 5.74) is 2.25. The van der Waals surface area contributed by atoms with E-state index in [0.717, 1.165) is 63.6 Å². The molecule has 4 nitrogen and oxygen atoms in total. The molecule has 1 aromatic heterocycles. The third kappa shape index (κ3) is 4.22. The van der Waals surface area contributed by atoms with Crippen molar-refractivity contribution in [2.24, 2.45) is 5.92 Å². The summed E-state index contributed by atoms with van der Waals surface area (Å²) in [5.74, 6) is 0.886. The van der Waals surface area contributed by atoms with E-state index in [1.165, 1.54) is 16.9 Å². The molecule has 1 amide bonds. The maximum atomic E-state index is 12.4. The van der Waals surface area contributed by atoms with E-state index in [2.05, 4.69) is 27.8 Å². The van der Waals surface area contributed by atoms with Gasteiger partial charge < -0.3 is 10.6 Å². The van der Waals surface area contributed by atoms with Crippen LogP contribution < -0.4 is 10.6 Å². The zero-order chi connectivity index (χ0) is 14.7. The van der Waals surface area contributed by atoms with Crippen molar-refractivity contribution < 1.29 is 4.79 Å². The van der Waals surface area contributed by atoms with Crippen LogP contribution >= 0.6 is 23.7 Å². The van der Waals surface area contributed by atoms with Crippen molar-refractivity contribution in [3.05, 3.63) is 21.4 Å². The molecule has 3 rings (SSSR count). The summed E-state index contributed by atoms with van der Waals surface area (Å²) >= 11 is 1.77. The number of carbonyl (C=O) groups excluding carboxylic acids is 1. The molecular formula is C16H26ClN3OS. The molecule has 0 spiro atoms. The molecule has 0 bridgehead atoms. The molecule has 6 heteroatoms. The molecule has 2 N–H and O–H groups in total. The summed E-state index contributed by atoms with van der Waals surface area (Å²) in [5, 5.41) is 8.50. The van der Waals surface area contributed by atoms with E-state index in [1.807, 2.05) is 0 Å². The van der Waals surface area contributed by atoms with Gasteiger partial charge >= 0.3 is 0 Å². The number of thiophene rings is 1. The van der Waals surface area contributed by atoms with Crippen LogP contribution in [0.15, 0.2) is 5.38 Å². The molecule has 1 aliphatic heterocycles. The highest BCUT2D eigenvalue weighted by Crippen LogP contribution is 2.32. The van der Waals surface area contributed by atoms with E-state index in [4.69, 9.17) is 0 Å². The maximum Gasteiger partial charge on any atom is 0.252 e. The fraction of sp³-hybridized carbons (Fsp3) is 0.688. The predicted octanol–water partition coefficient (Wildman–Crippen LogP) is 1.93. The Hall–Kier alpha value is -0.620. The molecule has 124 valence electrons. The zero-order valence-electron chi connectivity index (χ0n) is 13.2. The van der Waals surface area contributed by atoms with Crippen LogP contribution in [0.2, 0.25) is 0 Å². The summed E-state index contributed by atoms with van der Waals surface area (Å²) < 4.78 is 0. The van der Waals surface area contributed by atoms with Crippen LogP contribution in [-0.2, 0) is 12.8 Å². The fourth-order valence-electron chi connectivity index (χ4n) is 3.23. The second-order valence-electron chi connectivity index (χ2n) is 6.25. The van der Waals surface area contributed by atoms with E-state index in [1.54, 1.807) is 11.3 Å². The molecule has 0 aromatic carbocycles. The van der Waals surface area contributed by atoms with Crippen molar-refractivity contribution in [1.82, 2.24) is 15.5 Å². The molecule has 1 saturated heterocycles. The van der Waals surface area contributed by atoms with Gasteiger partial charge in [-0.3, -0.25) is 9.69 Å². The third-order valence-electron chi connectivity index (χ3n) is 4.57. The normalized spacial score (nSPS) is 21.8. The summed E-state index contributed by atoms with van der Waals surface area (Å²) in [6.45, 7) is 8.30. The van der Waals surface area contributed by atoms with Gasteiger partial charge in [0.15, 0.2) is 0 Å². The van der Waals surface area contributed by atoms with Crippen molar-refractivity contribution in [2.45, 2.75) is 26.2 Å². The molecule has 1 aliphatic carbocycles. The number of hydrogen-bond donors (Lipinski definition) is 2. The molecule has 1 fully saturated rings. The molecule has 1 aromatic rings. The third-order valence-corrected chi connectivity index (χ3v) is 5.62. The predicted molar refractivity (Wildman–Crippen MR) is 94.4 cm³/mol. The first kappa shape index (κ1) is 17.7. The first-order chi connectivity index (χ1) is 10.2. The lowest BCUT2D eigenvalue weighted by Crippen LogP contribution is -2.46. The number of piperazine rings is 1. The van der Waals surface area contributed by atoms with Crippen LogP contribution in [0, 0.1) is 5.92 Å². The van der Waals surface area contributed by atoms with Crippen LogP contribution in [0.4, 0.5) is 0 Å². The van der Waals surface area contributed by atoms with Gasteiger partial charge in [-0.05, 0) is 30.7 Å². The van der Waals surface area contributed by atoms with Gasteiger partial charge in [0.25, 0.3) is 5.91 Å². The van der Waals surface area contributed by atoms with Crippen LogP contribution in [0.3, 0.4) is 0 Å². The largest absolute Gasteiger partial charge is 0.351 e.